The predicted octanol–water partition coefficient (Wildman–Crippen LogP) is -1.20. The Morgan fingerprint density at radius 1 is 0.824 bits per heavy atom. The van der Waals surface area contributed by atoms with E-state index in [1.807, 2.05) is 73.2 Å². The first kappa shape index (κ1) is 50.3. The van der Waals surface area contributed by atoms with Crippen molar-refractivity contribution in [3.63, 3.8) is 0 Å². The smallest absolute Gasteiger partial charge is 0.338 e. The zero-order valence-electron chi connectivity index (χ0n) is 38.3. The highest BCUT2D eigenvalue weighted by atomic mass is 35.5. The molecule has 0 spiro atoms. The van der Waals surface area contributed by atoms with Gasteiger partial charge in [0.2, 0.25) is 11.7 Å². The van der Waals surface area contributed by atoms with Crippen molar-refractivity contribution in [2.45, 2.75) is 87.6 Å². The largest absolute Gasteiger partial charge is 1.00 e. The number of anilines is 1. The maximum atomic E-state index is 12.6. The summed E-state index contributed by atoms with van der Waals surface area (Å²) in [6, 6.07) is 20.8. The third kappa shape index (κ3) is 10.7. The van der Waals surface area contributed by atoms with Gasteiger partial charge in [-0.25, -0.2) is 9.97 Å². The van der Waals surface area contributed by atoms with Gasteiger partial charge in [0.15, 0.2) is 0 Å². The lowest BCUT2D eigenvalue weighted by Gasteiger charge is -2.36. The van der Waals surface area contributed by atoms with Crippen molar-refractivity contribution in [1.82, 2.24) is 38.5 Å². The minimum Gasteiger partial charge on any atom is -1.00 e. The molecule has 0 radical (unpaired) electrons. The van der Waals surface area contributed by atoms with Crippen LogP contribution in [0, 0.1) is 0 Å². The number of halogens is 4. The van der Waals surface area contributed by atoms with Gasteiger partial charge in [0.05, 0.1) is 40.9 Å². The Morgan fingerprint density at radius 2 is 1.40 bits per heavy atom. The van der Waals surface area contributed by atoms with Crippen LogP contribution in [0.15, 0.2) is 107 Å². The first-order chi connectivity index (χ1) is 31.9. The highest BCUT2D eigenvalue weighted by Crippen LogP contribution is 2.38. The van der Waals surface area contributed by atoms with Gasteiger partial charge in [-0.3, -0.25) is 30.1 Å². The number of guanidine groups is 1. The molecule has 360 valence electrons. The van der Waals surface area contributed by atoms with Crippen LogP contribution in [-0.4, -0.2) is 115 Å². The molecule has 20 heteroatoms. The fourth-order valence-electron chi connectivity index (χ4n) is 10.2. The molecule has 7 aromatic rings. The van der Waals surface area contributed by atoms with Gasteiger partial charge in [-0.15, -0.1) is 0 Å². The molecule has 4 aliphatic rings. The van der Waals surface area contributed by atoms with Crippen LogP contribution < -0.4 is 51.5 Å². The van der Waals surface area contributed by atoms with E-state index in [1.54, 1.807) is 45.1 Å². The number of nitrogens with two attached hydrogens (primary N) is 2. The summed E-state index contributed by atoms with van der Waals surface area (Å²) in [4.78, 5) is 40.2. The molecule has 0 amide bonds. The summed E-state index contributed by atoms with van der Waals surface area (Å²) in [6.07, 6.45) is 21.6. The Kier molecular flexibility index (Phi) is 16.1. The fraction of sp³-hybridized carbons (Fsp3) is 0.375. The summed E-state index contributed by atoms with van der Waals surface area (Å²) in [5, 5.41) is 4.76. The molecule has 7 N–H and O–H groups in total. The molecule has 2 aromatic carbocycles. The lowest BCUT2D eigenvalue weighted by Crippen LogP contribution is -3.16. The molecule has 11 rings (SSSR count). The van der Waals surface area contributed by atoms with Gasteiger partial charge >= 0.3 is 17.6 Å². The van der Waals surface area contributed by atoms with Gasteiger partial charge in [0, 0.05) is 99.9 Å². The number of quaternary nitrogens is 1. The second-order valence-electron chi connectivity index (χ2n) is 17.9. The lowest BCUT2D eigenvalue weighted by molar-refractivity contribution is -0.927. The number of carbonyl (C=O) groups excluding carboxylic acids is 1. The van der Waals surface area contributed by atoms with Gasteiger partial charge in [0.1, 0.15) is 35.3 Å². The van der Waals surface area contributed by atoms with E-state index in [4.69, 9.17) is 48.5 Å². The third-order valence-electron chi connectivity index (χ3n) is 13.5. The number of aromatic nitrogens is 6. The molecular weight excluding hydrogens is 948 g/mol. The van der Waals surface area contributed by atoms with Crippen molar-refractivity contribution in [1.29, 1.82) is 0 Å². The molecule has 4 bridgehead atoms. The monoisotopic (exact) mass is 1000 g/mol. The number of carbonyl (C=O) groups is 1. The number of hydrogen-bond donors (Lipinski definition) is 5. The van der Waals surface area contributed by atoms with Crippen LogP contribution in [0.1, 0.15) is 61.9 Å². The van der Waals surface area contributed by atoms with Crippen LogP contribution in [0.3, 0.4) is 0 Å². The molecule has 16 nitrogen and oxygen atoms in total. The summed E-state index contributed by atoms with van der Waals surface area (Å²) in [5.41, 5.74) is 15.7. The number of benzene rings is 2. The molecule has 4 saturated heterocycles. The minimum absolute atomic E-state index is 0. The summed E-state index contributed by atoms with van der Waals surface area (Å²) in [7, 11) is 8.26. The van der Waals surface area contributed by atoms with E-state index in [2.05, 4.69) is 44.3 Å². The van der Waals surface area contributed by atoms with E-state index in [0.717, 1.165) is 47.6 Å². The second-order valence-corrected chi connectivity index (χ2v) is 18.8. The molecule has 0 aliphatic carbocycles. The van der Waals surface area contributed by atoms with E-state index in [9.17, 15) is 4.79 Å². The normalized spacial score (nSPS) is 22.6. The highest BCUT2D eigenvalue weighted by Gasteiger charge is 2.43. The van der Waals surface area contributed by atoms with Gasteiger partial charge < -0.3 is 53.7 Å². The van der Waals surface area contributed by atoms with Crippen LogP contribution in [0.2, 0.25) is 10.0 Å². The molecule has 4 fully saturated rings. The number of imidazole rings is 2. The second kappa shape index (κ2) is 21.8. The van der Waals surface area contributed by atoms with Gasteiger partial charge in [0.25, 0.3) is 0 Å². The SMILES string of the molecule is CN(C)C=CC(=O)c1c(-c2ccccc2Cl)nc2occn12.CN1C2CCC1CC(Nc1nccc(-c3c(-c4ccccc4Cl)nc4occn34)n1)C2.C[NH+]1C2CCC1CC([NH+]=C(N)N)C2.[Cl-].[Cl-]. The number of fused-ring (bicyclic) bond motifs is 6. The number of oxazole rings is 2. The van der Waals surface area contributed by atoms with Gasteiger partial charge in [-0.1, -0.05) is 59.6 Å². The maximum Gasteiger partial charge on any atom is 0.338 e. The maximum absolute atomic E-state index is 12.6. The van der Waals surface area contributed by atoms with Crippen LogP contribution in [0.4, 0.5) is 5.95 Å². The molecular formula is C48H57Cl4N13O3. The van der Waals surface area contributed by atoms with Crippen molar-refractivity contribution in [3.05, 3.63) is 114 Å². The molecule has 68 heavy (non-hydrogen) atoms. The molecule has 5 aromatic heterocycles. The Morgan fingerprint density at radius 3 is 2.00 bits per heavy atom. The van der Waals surface area contributed by atoms with Crippen molar-refractivity contribution in [2.75, 3.05) is 33.5 Å². The van der Waals surface area contributed by atoms with Gasteiger partial charge in [-0.2, -0.15) is 9.97 Å². The Balaban J connectivity index is 0.000000162. The first-order valence-corrected chi connectivity index (χ1v) is 23.3. The topological polar surface area (TPSA) is 193 Å². The molecule has 0 saturated carbocycles. The average molecular weight is 1010 g/mol. The Bertz CT molecular complexity index is 2860. The van der Waals surface area contributed by atoms with Crippen molar-refractivity contribution < 1.29 is 48.3 Å². The molecule has 4 unspecified atom stereocenters. The van der Waals surface area contributed by atoms with Crippen molar-refractivity contribution >= 4 is 52.6 Å². The summed E-state index contributed by atoms with van der Waals surface area (Å²) >= 11 is 12.7. The zero-order chi connectivity index (χ0) is 46.1. The quantitative estimate of drug-likeness (QED) is 0.0504. The summed E-state index contributed by atoms with van der Waals surface area (Å²) in [6.45, 7) is 0. The number of piperidine rings is 2. The summed E-state index contributed by atoms with van der Waals surface area (Å²) in [5.74, 6) is 1.72. The van der Waals surface area contributed by atoms with E-state index in [-0.39, 0.29) is 30.6 Å². The van der Waals surface area contributed by atoms with E-state index >= 15 is 0 Å². The first-order valence-electron chi connectivity index (χ1n) is 22.5. The van der Waals surface area contributed by atoms with Crippen LogP contribution in [-0.2, 0) is 0 Å². The third-order valence-corrected chi connectivity index (χ3v) is 14.2. The molecule has 4 atom stereocenters. The van der Waals surface area contributed by atoms with Crippen LogP contribution >= 0.6 is 23.2 Å². The standard InChI is InChI=1S/C23H23ClN6O.C16H14ClN3O2.C9H18N4.2ClH/c1-29-15-6-7-16(29)13-14(12-15)26-22-25-9-8-19(27-22)21-20(17-4-2-3-5-18(17)24)28-23-30(21)10-11-31-23;1-19(2)8-7-13(21)15-14(11-5-3-4-6-12(11)17)18-16-20(15)9-10-22-16;1-13-7-2-3-8(13)5-6(4-7)12-9(10)11;;/h2-5,8-11,14-16H,6-7,12-13H2,1H3,(H,25,26,27);3-10H,1-2H3;6-8H,2-5H2,1H3,(H4,10,11,12);2*1H. The number of hydrogen-bond acceptors (Lipinski definition) is 10. The molecule has 9 heterocycles. The van der Waals surface area contributed by atoms with Crippen LogP contribution in [0.25, 0.3) is 45.6 Å². The fourth-order valence-corrected chi connectivity index (χ4v) is 10.7. The number of ketones is 1. The van der Waals surface area contributed by atoms with E-state index in [0.29, 0.717) is 74.8 Å². The van der Waals surface area contributed by atoms with Gasteiger partial charge in [-0.05, 0) is 50.9 Å². The lowest BCUT2D eigenvalue weighted by atomic mass is 9.98. The Hall–Kier alpha value is -5.62. The Labute approximate surface area is 417 Å². The zero-order valence-corrected chi connectivity index (χ0v) is 41.4. The van der Waals surface area contributed by atoms with E-state index in [1.165, 1.54) is 50.9 Å². The highest BCUT2D eigenvalue weighted by molar-refractivity contribution is 6.34. The van der Waals surface area contributed by atoms with Crippen LogP contribution in [0.5, 0.6) is 0 Å². The van der Waals surface area contributed by atoms with E-state index < -0.39 is 0 Å². The number of nitrogens with one attached hydrogen (secondary N) is 3. The minimum atomic E-state index is -0.169. The van der Waals surface area contributed by atoms with Crippen molar-refractivity contribution in [2.24, 2.45) is 11.5 Å². The van der Waals surface area contributed by atoms with Crippen molar-refractivity contribution in [3.8, 4) is 33.9 Å². The average Bonchev–Trinajstić information content (AvgIpc) is 4.14. The number of nitrogens with zero attached hydrogens (tertiary/aromatic N) is 8. The predicted molar refractivity (Wildman–Crippen MR) is 256 cm³/mol. The number of rotatable bonds is 9. The number of allylic oxidation sites excluding steroid dienone is 1. The summed E-state index contributed by atoms with van der Waals surface area (Å²) < 4.78 is 14.4. The molecule has 4 aliphatic heterocycles.